The van der Waals surface area contributed by atoms with Gasteiger partial charge in [0.25, 0.3) is 0 Å². The lowest BCUT2D eigenvalue weighted by Crippen LogP contribution is -2.34. The van der Waals surface area contributed by atoms with Gasteiger partial charge in [0.2, 0.25) is 0 Å². The van der Waals surface area contributed by atoms with Gasteiger partial charge in [-0.1, -0.05) is 6.07 Å². The molecule has 0 bridgehead atoms. The Morgan fingerprint density at radius 1 is 1.19 bits per heavy atom. The maximum atomic E-state index is 5.92. The second kappa shape index (κ2) is 6.37. The van der Waals surface area contributed by atoms with Crippen molar-refractivity contribution in [1.29, 1.82) is 0 Å². The van der Waals surface area contributed by atoms with E-state index in [-0.39, 0.29) is 0 Å². The molecule has 0 radical (unpaired) electrons. The molecule has 2 heterocycles. The molecule has 3 rings (SSSR count). The molecule has 2 aliphatic rings. The maximum absolute atomic E-state index is 5.92. The van der Waals surface area contributed by atoms with E-state index in [1.165, 1.54) is 37.3 Å². The number of rotatable bonds is 5. The van der Waals surface area contributed by atoms with Crippen molar-refractivity contribution in [2.45, 2.75) is 33.2 Å². The van der Waals surface area contributed by atoms with Crippen LogP contribution in [0, 0.1) is 25.7 Å². The number of nitrogens with one attached hydrogen (secondary N) is 1. The molecule has 3 heteroatoms. The molecule has 2 saturated heterocycles. The summed E-state index contributed by atoms with van der Waals surface area (Å²) in [5.74, 6) is 2.76. The molecular formula is C18H28N2O. The van der Waals surface area contributed by atoms with Gasteiger partial charge in [0.05, 0.1) is 6.61 Å². The Bertz CT molecular complexity index is 468. The number of benzene rings is 1. The van der Waals surface area contributed by atoms with Crippen LogP contribution in [-0.4, -0.2) is 43.7 Å². The summed E-state index contributed by atoms with van der Waals surface area (Å²) in [5, 5.41) is 3.52. The van der Waals surface area contributed by atoms with E-state index < -0.39 is 0 Å². The number of likely N-dealkylation sites (tertiary alicyclic amines) is 1. The first-order chi connectivity index (χ1) is 10.1. The van der Waals surface area contributed by atoms with E-state index in [0.29, 0.717) is 0 Å². The Labute approximate surface area is 128 Å². The molecular weight excluding hydrogens is 260 g/mol. The smallest absolute Gasteiger partial charge is 0.119 e. The summed E-state index contributed by atoms with van der Waals surface area (Å²) in [5.41, 5.74) is 2.55. The second-order valence-corrected chi connectivity index (χ2v) is 6.84. The zero-order chi connectivity index (χ0) is 14.8. The molecule has 2 aliphatic heterocycles. The van der Waals surface area contributed by atoms with Crippen molar-refractivity contribution in [3.8, 4) is 5.75 Å². The molecule has 2 fully saturated rings. The minimum atomic E-state index is 0.728. The first-order valence-electron chi connectivity index (χ1n) is 8.29. The standard InChI is InChI=1S/C18H28N2O/c1-13-7-14(2)9-17(8-13)21-6-4-5-20-12-16-10-19-11-18(16)15(20)3/h7-9,15-16,18-19H,4-6,10-12H2,1-3H3. The average molecular weight is 288 g/mol. The number of ether oxygens (including phenoxy) is 1. The highest BCUT2D eigenvalue weighted by Crippen LogP contribution is 2.32. The molecule has 0 aromatic heterocycles. The Morgan fingerprint density at radius 3 is 2.67 bits per heavy atom. The Hall–Kier alpha value is -1.06. The predicted octanol–water partition coefficient (Wildman–Crippen LogP) is 2.61. The SMILES string of the molecule is Cc1cc(C)cc(OCCCN2CC3CNCC3C2C)c1. The average Bonchev–Trinajstić information content (AvgIpc) is 2.98. The lowest BCUT2D eigenvalue weighted by molar-refractivity contribution is 0.212. The minimum Gasteiger partial charge on any atom is -0.494 e. The summed E-state index contributed by atoms with van der Waals surface area (Å²) in [6.07, 6.45) is 1.12. The van der Waals surface area contributed by atoms with E-state index in [2.05, 4.69) is 49.2 Å². The number of hydrogen-bond donors (Lipinski definition) is 1. The third kappa shape index (κ3) is 3.41. The van der Waals surface area contributed by atoms with Gasteiger partial charge in [0.15, 0.2) is 0 Å². The van der Waals surface area contributed by atoms with E-state index in [4.69, 9.17) is 4.74 Å². The van der Waals surface area contributed by atoms with E-state index in [9.17, 15) is 0 Å². The monoisotopic (exact) mass is 288 g/mol. The largest absolute Gasteiger partial charge is 0.494 e. The predicted molar refractivity (Wildman–Crippen MR) is 86.9 cm³/mol. The molecule has 0 amide bonds. The first kappa shape index (κ1) is 14.9. The molecule has 116 valence electrons. The summed E-state index contributed by atoms with van der Waals surface area (Å²) in [6.45, 7) is 12.3. The van der Waals surface area contributed by atoms with Crippen LogP contribution in [0.3, 0.4) is 0 Å². The first-order valence-corrected chi connectivity index (χ1v) is 8.29. The highest BCUT2D eigenvalue weighted by Gasteiger charge is 2.41. The van der Waals surface area contributed by atoms with Crippen molar-refractivity contribution in [2.75, 3.05) is 32.8 Å². The summed E-state index contributed by atoms with van der Waals surface area (Å²) in [4.78, 5) is 2.65. The van der Waals surface area contributed by atoms with Crippen LogP contribution in [0.2, 0.25) is 0 Å². The van der Waals surface area contributed by atoms with Crippen LogP contribution in [0.5, 0.6) is 5.75 Å². The Morgan fingerprint density at radius 2 is 1.95 bits per heavy atom. The summed E-state index contributed by atoms with van der Waals surface area (Å²) in [6, 6.07) is 7.17. The molecule has 0 aliphatic carbocycles. The third-order valence-corrected chi connectivity index (χ3v) is 5.11. The Balaban J connectivity index is 1.42. The van der Waals surface area contributed by atoms with Gasteiger partial charge in [-0.3, -0.25) is 4.90 Å². The van der Waals surface area contributed by atoms with Gasteiger partial charge in [-0.05, 0) is 75.4 Å². The molecule has 0 saturated carbocycles. The lowest BCUT2D eigenvalue weighted by atomic mass is 9.95. The Kier molecular flexibility index (Phi) is 4.51. The molecule has 1 aromatic carbocycles. The van der Waals surface area contributed by atoms with Gasteiger partial charge in [0.1, 0.15) is 5.75 Å². The van der Waals surface area contributed by atoms with E-state index in [0.717, 1.165) is 36.7 Å². The highest BCUT2D eigenvalue weighted by atomic mass is 16.5. The number of nitrogens with zero attached hydrogens (tertiary/aromatic N) is 1. The van der Waals surface area contributed by atoms with Crippen molar-refractivity contribution in [2.24, 2.45) is 11.8 Å². The van der Waals surface area contributed by atoms with Crippen LogP contribution >= 0.6 is 0 Å². The van der Waals surface area contributed by atoms with Crippen molar-refractivity contribution >= 4 is 0 Å². The molecule has 3 atom stereocenters. The van der Waals surface area contributed by atoms with E-state index in [1.54, 1.807) is 0 Å². The topological polar surface area (TPSA) is 24.5 Å². The second-order valence-electron chi connectivity index (χ2n) is 6.84. The van der Waals surface area contributed by atoms with Gasteiger partial charge in [-0.25, -0.2) is 0 Å². The van der Waals surface area contributed by atoms with Crippen LogP contribution in [-0.2, 0) is 0 Å². The fraction of sp³-hybridized carbons (Fsp3) is 0.667. The maximum Gasteiger partial charge on any atom is 0.119 e. The number of hydrogen-bond acceptors (Lipinski definition) is 3. The highest BCUT2D eigenvalue weighted by molar-refractivity contribution is 5.32. The van der Waals surface area contributed by atoms with Crippen molar-refractivity contribution in [1.82, 2.24) is 10.2 Å². The van der Waals surface area contributed by atoms with Crippen LogP contribution in [0.1, 0.15) is 24.5 Å². The molecule has 1 aromatic rings. The van der Waals surface area contributed by atoms with Crippen LogP contribution in [0.15, 0.2) is 18.2 Å². The lowest BCUT2D eigenvalue weighted by Gasteiger charge is -2.24. The summed E-state index contributed by atoms with van der Waals surface area (Å²) < 4.78 is 5.92. The molecule has 3 unspecified atom stereocenters. The fourth-order valence-electron chi connectivity index (χ4n) is 4.02. The summed E-state index contributed by atoms with van der Waals surface area (Å²) >= 11 is 0. The quantitative estimate of drug-likeness (QED) is 0.843. The van der Waals surface area contributed by atoms with Gasteiger partial charge in [0, 0.05) is 19.1 Å². The van der Waals surface area contributed by atoms with Crippen molar-refractivity contribution < 1.29 is 4.74 Å². The van der Waals surface area contributed by atoms with Gasteiger partial charge in [-0.2, -0.15) is 0 Å². The zero-order valence-corrected chi connectivity index (χ0v) is 13.6. The van der Waals surface area contributed by atoms with Crippen molar-refractivity contribution in [3.05, 3.63) is 29.3 Å². The molecule has 3 nitrogen and oxygen atoms in total. The molecule has 1 N–H and O–H groups in total. The molecule has 21 heavy (non-hydrogen) atoms. The van der Waals surface area contributed by atoms with Crippen molar-refractivity contribution in [3.63, 3.8) is 0 Å². The van der Waals surface area contributed by atoms with E-state index in [1.807, 2.05) is 0 Å². The summed E-state index contributed by atoms with van der Waals surface area (Å²) in [7, 11) is 0. The number of aryl methyl sites for hydroxylation is 2. The zero-order valence-electron chi connectivity index (χ0n) is 13.6. The third-order valence-electron chi connectivity index (χ3n) is 5.11. The van der Waals surface area contributed by atoms with Gasteiger partial charge < -0.3 is 10.1 Å². The molecule has 0 spiro atoms. The van der Waals surface area contributed by atoms with Crippen LogP contribution in [0.4, 0.5) is 0 Å². The van der Waals surface area contributed by atoms with Gasteiger partial charge in [-0.15, -0.1) is 0 Å². The minimum absolute atomic E-state index is 0.728. The van der Waals surface area contributed by atoms with Gasteiger partial charge >= 0.3 is 0 Å². The number of fused-ring (bicyclic) bond motifs is 1. The van der Waals surface area contributed by atoms with Crippen LogP contribution in [0.25, 0.3) is 0 Å². The van der Waals surface area contributed by atoms with Crippen LogP contribution < -0.4 is 10.1 Å². The fourth-order valence-corrected chi connectivity index (χ4v) is 4.02. The normalized spacial score (nSPS) is 28.8. The van der Waals surface area contributed by atoms with E-state index >= 15 is 0 Å².